The topological polar surface area (TPSA) is 46.2 Å². The molecule has 0 aliphatic heterocycles. The third kappa shape index (κ3) is 3.65. The Morgan fingerprint density at radius 3 is 2.72 bits per heavy atom. The first-order chi connectivity index (χ1) is 8.58. The van der Waals surface area contributed by atoms with Crippen molar-refractivity contribution in [2.45, 2.75) is 11.3 Å². The van der Waals surface area contributed by atoms with Gasteiger partial charge in [-0.05, 0) is 36.1 Å². The Bertz CT molecular complexity index is 609. The quantitative estimate of drug-likeness (QED) is 0.905. The largest absolute Gasteiger partial charge is 0.240 e. The van der Waals surface area contributed by atoms with Crippen LogP contribution in [0.2, 0.25) is 0 Å². The molecule has 0 spiro atoms. The van der Waals surface area contributed by atoms with Gasteiger partial charge in [-0.15, -0.1) is 11.3 Å². The van der Waals surface area contributed by atoms with E-state index in [0.717, 1.165) is 4.47 Å². The molecule has 0 aliphatic carbocycles. The zero-order chi connectivity index (χ0) is 13.0. The summed E-state index contributed by atoms with van der Waals surface area (Å²) in [4.78, 5) is 1.45. The van der Waals surface area contributed by atoms with Gasteiger partial charge >= 0.3 is 0 Å². The van der Waals surface area contributed by atoms with E-state index in [4.69, 9.17) is 0 Å². The summed E-state index contributed by atoms with van der Waals surface area (Å²) in [6, 6.07) is 10.6. The normalized spacial score (nSPS) is 11.6. The lowest BCUT2D eigenvalue weighted by Gasteiger charge is -2.06. The fraction of sp³-hybridized carbons (Fsp3) is 0.167. The average Bonchev–Trinajstić information content (AvgIpc) is 2.82. The van der Waals surface area contributed by atoms with E-state index in [-0.39, 0.29) is 4.90 Å². The van der Waals surface area contributed by atoms with Crippen molar-refractivity contribution in [1.29, 1.82) is 0 Å². The number of thiophene rings is 1. The summed E-state index contributed by atoms with van der Waals surface area (Å²) < 4.78 is 27.3. The maximum atomic E-state index is 12.0. The molecule has 0 fully saturated rings. The SMILES string of the molecule is O=S(=O)(NCCc1cccs1)c1cccc(Br)c1. The lowest BCUT2D eigenvalue weighted by molar-refractivity contribution is 0.582. The number of nitrogens with one attached hydrogen (secondary N) is 1. The summed E-state index contributed by atoms with van der Waals surface area (Å²) in [5.41, 5.74) is 0. The van der Waals surface area contributed by atoms with E-state index in [1.165, 1.54) is 4.88 Å². The van der Waals surface area contributed by atoms with Crippen LogP contribution in [0, 0.1) is 0 Å². The van der Waals surface area contributed by atoms with E-state index in [2.05, 4.69) is 20.7 Å². The minimum Gasteiger partial charge on any atom is -0.211 e. The highest BCUT2D eigenvalue weighted by atomic mass is 79.9. The maximum absolute atomic E-state index is 12.0. The summed E-state index contributed by atoms with van der Waals surface area (Å²) >= 11 is 4.89. The molecule has 1 aromatic carbocycles. The number of hydrogen-bond donors (Lipinski definition) is 1. The Morgan fingerprint density at radius 2 is 2.06 bits per heavy atom. The van der Waals surface area contributed by atoms with Gasteiger partial charge < -0.3 is 0 Å². The van der Waals surface area contributed by atoms with E-state index in [1.807, 2.05) is 17.5 Å². The molecule has 1 aromatic heterocycles. The molecule has 0 atom stereocenters. The fourth-order valence-corrected chi connectivity index (χ4v) is 3.82. The van der Waals surface area contributed by atoms with Gasteiger partial charge in [-0.2, -0.15) is 0 Å². The molecule has 96 valence electrons. The molecule has 2 rings (SSSR count). The van der Waals surface area contributed by atoms with Crippen molar-refractivity contribution in [1.82, 2.24) is 4.72 Å². The van der Waals surface area contributed by atoms with Crippen molar-refractivity contribution in [2.75, 3.05) is 6.54 Å². The van der Waals surface area contributed by atoms with Crippen molar-refractivity contribution in [3.05, 3.63) is 51.1 Å². The first kappa shape index (κ1) is 13.7. The van der Waals surface area contributed by atoms with Crippen LogP contribution in [-0.2, 0) is 16.4 Å². The van der Waals surface area contributed by atoms with Crippen LogP contribution in [0.5, 0.6) is 0 Å². The van der Waals surface area contributed by atoms with Gasteiger partial charge in [-0.25, -0.2) is 13.1 Å². The Labute approximate surface area is 119 Å². The Hall–Kier alpha value is -0.690. The molecule has 2 aromatic rings. The van der Waals surface area contributed by atoms with E-state index in [9.17, 15) is 8.42 Å². The smallest absolute Gasteiger partial charge is 0.211 e. The molecule has 0 saturated heterocycles. The van der Waals surface area contributed by atoms with Gasteiger partial charge in [0, 0.05) is 15.9 Å². The summed E-state index contributed by atoms with van der Waals surface area (Å²) in [6.07, 6.45) is 0.713. The lowest BCUT2D eigenvalue weighted by Crippen LogP contribution is -2.25. The third-order valence-corrected chi connectivity index (χ3v) is 5.24. The van der Waals surface area contributed by atoms with Gasteiger partial charge in [-0.1, -0.05) is 28.1 Å². The van der Waals surface area contributed by atoms with Gasteiger partial charge in [0.15, 0.2) is 0 Å². The molecule has 0 amide bonds. The van der Waals surface area contributed by atoms with Crippen LogP contribution in [0.1, 0.15) is 4.88 Å². The van der Waals surface area contributed by atoms with Crippen LogP contribution in [0.15, 0.2) is 51.1 Å². The summed E-state index contributed by atoms with van der Waals surface area (Å²) in [5, 5.41) is 1.98. The molecule has 0 saturated carbocycles. The van der Waals surface area contributed by atoms with E-state index >= 15 is 0 Å². The first-order valence-corrected chi connectivity index (χ1v) is 8.51. The zero-order valence-corrected chi connectivity index (χ0v) is 12.7. The molecule has 6 heteroatoms. The number of benzene rings is 1. The van der Waals surface area contributed by atoms with Crippen LogP contribution in [0.25, 0.3) is 0 Å². The Kier molecular flexibility index (Phi) is 4.55. The standard InChI is InChI=1S/C12H12BrNO2S2/c13-10-3-1-5-12(9-10)18(15,16)14-7-6-11-4-2-8-17-11/h1-5,8-9,14H,6-7H2. The molecule has 0 bridgehead atoms. The number of sulfonamides is 1. The number of halogens is 1. The van der Waals surface area contributed by atoms with Crippen molar-refractivity contribution < 1.29 is 8.42 Å². The second kappa shape index (κ2) is 5.97. The van der Waals surface area contributed by atoms with Gasteiger partial charge in [-0.3, -0.25) is 0 Å². The molecule has 0 radical (unpaired) electrons. The second-order valence-corrected chi connectivity index (χ2v) is 7.40. The lowest BCUT2D eigenvalue weighted by atomic mass is 10.3. The van der Waals surface area contributed by atoms with Crippen LogP contribution < -0.4 is 4.72 Å². The summed E-state index contributed by atoms with van der Waals surface area (Å²) in [5.74, 6) is 0. The van der Waals surface area contributed by atoms with Gasteiger partial charge in [0.1, 0.15) is 0 Å². The van der Waals surface area contributed by atoms with E-state index in [1.54, 1.807) is 35.6 Å². The minimum atomic E-state index is -3.41. The zero-order valence-electron chi connectivity index (χ0n) is 9.47. The van der Waals surface area contributed by atoms with Crippen LogP contribution in [0.4, 0.5) is 0 Å². The molecule has 0 unspecified atom stereocenters. The third-order valence-electron chi connectivity index (χ3n) is 2.35. The molecule has 1 N–H and O–H groups in total. The molecule has 3 nitrogen and oxygen atoms in total. The number of hydrogen-bond acceptors (Lipinski definition) is 3. The summed E-state index contributed by atoms with van der Waals surface area (Å²) in [7, 11) is -3.41. The fourth-order valence-electron chi connectivity index (χ4n) is 1.48. The highest BCUT2D eigenvalue weighted by Gasteiger charge is 2.13. The van der Waals surface area contributed by atoms with Crippen molar-refractivity contribution in [2.24, 2.45) is 0 Å². The molecule has 1 heterocycles. The van der Waals surface area contributed by atoms with Crippen LogP contribution >= 0.6 is 27.3 Å². The van der Waals surface area contributed by atoms with Gasteiger partial charge in [0.2, 0.25) is 10.0 Å². The molecular weight excluding hydrogens is 334 g/mol. The molecule has 18 heavy (non-hydrogen) atoms. The van der Waals surface area contributed by atoms with Crippen molar-refractivity contribution >= 4 is 37.3 Å². The highest BCUT2D eigenvalue weighted by Crippen LogP contribution is 2.16. The van der Waals surface area contributed by atoms with Gasteiger partial charge in [0.25, 0.3) is 0 Å². The maximum Gasteiger partial charge on any atom is 0.240 e. The Balaban J connectivity index is 1.99. The van der Waals surface area contributed by atoms with Crippen molar-refractivity contribution in [3.63, 3.8) is 0 Å². The van der Waals surface area contributed by atoms with Crippen LogP contribution in [-0.4, -0.2) is 15.0 Å². The molecular formula is C12H12BrNO2S2. The van der Waals surface area contributed by atoms with Crippen molar-refractivity contribution in [3.8, 4) is 0 Å². The Morgan fingerprint density at radius 1 is 1.22 bits per heavy atom. The predicted octanol–water partition coefficient (Wildman–Crippen LogP) is 3.03. The minimum absolute atomic E-state index is 0.281. The van der Waals surface area contributed by atoms with Gasteiger partial charge in [0.05, 0.1) is 4.90 Å². The predicted molar refractivity (Wildman–Crippen MR) is 77.4 cm³/mol. The van der Waals surface area contributed by atoms with E-state index in [0.29, 0.717) is 13.0 Å². The highest BCUT2D eigenvalue weighted by molar-refractivity contribution is 9.10. The monoisotopic (exact) mass is 345 g/mol. The first-order valence-electron chi connectivity index (χ1n) is 5.35. The number of rotatable bonds is 5. The molecule has 0 aliphatic rings. The summed E-state index contributed by atoms with van der Waals surface area (Å²) in [6.45, 7) is 0.412. The second-order valence-electron chi connectivity index (χ2n) is 3.68. The van der Waals surface area contributed by atoms with E-state index < -0.39 is 10.0 Å². The average molecular weight is 346 g/mol. The van der Waals surface area contributed by atoms with Crippen LogP contribution in [0.3, 0.4) is 0 Å².